The fraction of sp³-hybridized carbons (Fsp3) is 0.857. The molecule has 0 aliphatic carbocycles. The normalized spacial score (nSPS) is 15.9. The highest BCUT2D eigenvalue weighted by Crippen LogP contribution is 2.60. The average molecular weight is 366 g/mol. The Balaban J connectivity index is 6.29. The summed E-state index contributed by atoms with van der Waals surface area (Å²) in [6, 6.07) is 0. The molecule has 0 bridgehead atoms. The molecule has 0 aliphatic rings. The molecule has 0 rings (SSSR count). The van der Waals surface area contributed by atoms with E-state index in [1.54, 1.807) is 0 Å². The van der Waals surface area contributed by atoms with E-state index in [0.29, 0.717) is 0 Å². The number of alkyl halides is 13. The van der Waals surface area contributed by atoms with Gasteiger partial charge in [-0.25, -0.2) is 4.79 Å². The van der Waals surface area contributed by atoms with Crippen LogP contribution in [0.1, 0.15) is 0 Å². The first-order valence-electron chi connectivity index (χ1n) is 4.38. The number of hydrogen-bond donors (Lipinski definition) is 1. The van der Waals surface area contributed by atoms with Gasteiger partial charge in [-0.15, -0.1) is 0 Å². The third kappa shape index (κ3) is 2.33. The SMILES string of the molecule is O=[13C](O)[13C](F)(F)C(F)(F)C(F)(F)C(F)(F)C(F)(F)C(F)(F)F. The van der Waals surface area contributed by atoms with Crippen LogP contribution >= 0.6 is 0 Å². The van der Waals surface area contributed by atoms with Crippen molar-refractivity contribution in [2.75, 3.05) is 0 Å². The third-order valence-corrected chi connectivity index (χ3v) is 2.20. The van der Waals surface area contributed by atoms with Crippen LogP contribution in [0.5, 0.6) is 0 Å². The van der Waals surface area contributed by atoms with Crippen LogP contribution in [0, 0.1) is 0 Å². The van der Waals surface area contributed by atoms with E-state index in [1.165, 1.54) is 0 Å². The maximum atomic E-state index is 12.6. The van der Waals surface area contributed by atoms with E-state index in [2.05, 4.69) is 0 Å². The zero-order valence-corrected chi connectivity index (χ0v) is 9.27. The van der Waals surface area contributed by atoms with Crippen LogP contribution in [-0.4, -0.2) is 46.9 Å². The molecule has 0 amide bonds. The molecule has 0 fully saturated rings. The molecule has 2 nitrogen and oxygen atoms in total. The van der Waals surface area contributed by atoms with Gasteiger partial charge in [0.05, 0.1) is 0 Å². The minimum Gasteiger partial charge on any atom is -0.477 e. The first kappa shape index (κ1) is 20.6. The molecule has 0 aromatic carbocycles. The second kappa shape index (κ2) is 4.78. The van der Waals surface area contributed by atoms with Gasteiger partial charge in [-0.2, -0.15) is 57.1 Å². The van der Waals surface area contributed by atoms with Crippen molar-refractivity contribution < 1.29 is 67.0 Å². The molecule has 0 aromatic rings. The van der Waals surface area contributed by atoms with Gasteiger partial charge in [-0.1, -0.05) is 0 Å². The Morgan fingerprint density at radius 3 is 1.05 bits per heavy atom. The lowest BCUT2D eigenvalue weighted by atomic mass is 10.0. The fourth-order valence-corrected chi connectivity index (χ4v) is 0.904. The topological polar surface area (TPSA) is 37.3 Å². The van der Waals surface area contributed by atoms with Gasteiger partial charge in [0.15, 0.2) is 0 Å². The van der Waals surface area contributed by atoms with E-state index in [0.717, 1.165) is 0 Å². The summed E-state index contributed by atoms with van der Waals surface area (Å²) in [4.78, 5) is 9.67. The molecular weight excluding hydrogens is 365 g/mol. The number of rotatable bonds is 5. The molecule has 22 heavy (non-hydrogen) atoms. The fourth-order valence-electron chi connectivity index (χ4n) is 0.904. The summed E-state index contributed by atoms with van der Waals surface area (Å²) < 4.78 is 159. The van der Waals surface area contributed by atoms with Crippen LogP contribution in [0.2, 0.25) is 0 Å². The zero-order chi connectivity index (χ0) is 18.6. The van der Waals surface area contributed by atoms with Crippen LogP contribution in [-0.2, 0) is 4.79 Å². The van der Waals surface area contributed by atoms with Crippen molar-refractivity contribution >= 4 is 5.97 Å². The molecule has 1 N–H and O–H groups in total. The van der Waals surface area contributed by atoms with E-state index < -0.39 is 41.8 Å². The highest BCUT2D eigenvalue weighted by Gasteiger charge is 2.91. The number of aliphatic carboxylic acids is 1. The second-order valence-electron chi connectivity index (χ2n) is 3.67. The molecule has 0 heterocycles. The maximum absolute atomic E-state index is 12.6. The Morgan fingerprint density at radius 2 is 0.818 bits per heavy atom. The number of halogens is 13. The number of carboxylic acids is 1. The Bertz CT molecular complexity index is 448. The molecule has 0 aliphatic heterocycles. The molecule has 0 unspecified atom stereocenters. The van der Waals surface area contributed by atoms with Crippen LogP contribution in [0.4, 0.5) is 57.1 Å². The summed E-state index contributed by atoms with van der Waals surface area (Å²) >= 11 is 0. The van der Waals surface area contributed by atoms with Gasteiger partial charge in [0.1, 0.15) is 0 Å². The van der Waals surface area contributed by atoms with Crippen molar-refractivity contribution in [2.45, 2.75) is 35.8 Å². The van der Waals surface area contributed by atoms with Gasteiger partial charge >= 0.3 is 41.8 Å². The zero-order valence-electron chi connectivity index (χ0n) is 9.27. The van der Waals surface area contributed by atoms with Gasteiger partial charge < -0.3 is 5.11 Å². The smallest absolute Gasteiger partial charge is 0.460 e. The summed E-state index contributed by atoms with van der Waals surface area (Å²) in [6.07, 6.45) is -7.52. The lowest BCUT2D eigenvalue weighted by Gasteiger charge is -2.38. The number of hydrogen-bond acceptors (Lipinski definition) is 1. The van der Waals surface area contributed by atoms with Crippen LogP contribution in [0.3, 0.4) is 0 Å². The van der Waals surface area contributed by atoms with Crippen molar-refractivity contribution in [3.05, 3.63) is 0 Å². The molecule has 0 saturated carbocycles. The van der Waals surface area contributed by atoms with E-state index in [9.17, 15) is 61.9 Å². The van der Waals surface area contributed by atoms with Crippen molar-refractivity contribution in [1.82, 2.24) is 0 Å². The number of carboxylic acid groups (broad SMARTS) is 1. The van der Waals surface area contributed by atoms with Gasteiger partial charge in [0.25, 0.3) is 0 Å². The van der Waals surface area contributed by atoms with Crippen LogP contribution in [0.25, 0.3) is 0 Å². The highest BCUT2D eigenvalue weighted by atomic mass is 19.4. The number of carbonyl (C=O) groups is 1. The van der Waals surface area contributed by atoms with Crippen LogP contribution < -0.4 is 0 Å². The quantitative estimate of drug-likeness (QED) is 0.594. The molecule has 0 atom stereocenters. The third-order valence-electron chi connectivity index (χ3n) is 2.20. The molecule has 0 spiro atoms. The standard InChI is InChI=1S/C7HF13O2/c8-2(9,1(21)22)3(10,11)4(12,13)5(14,15)6(16,17)7(18,19)20/h(H,21,22)/i1+1,2+1. The summed E-state index contributed by atoms with van der Waals surface area (Å²) in [5.41, 5.74) is 0. The summed E-state index contributed by atoms with van der Waals surface area (Å²) in [5.74, 6) is -43.0. The van der Waals surface area contributed by atoms with Crippen molar-refractivity contribution in [1.29, 1.82) is 0 Å². The van der Waals surface area contributed by atoms with E-state index in [4.69, 9.17) is 5.11 Å². The highest BCUT2D eigenvalue weighted by molar-refractivity contribution is 5.77. The van der Waals surface area contributed by atoms with Crippen molar-refractivity contribution in [3.63, 3.8) is 0 Å². The Kier molecular flexibility index (Phi) is 4.46. The molecular formula is C7HF13O2. The van der Waals surface area contributed by atoms with E-state index in [1.807, 2.05) is 0 Å². The maximum Gasteiger partial charge on any atom is 0.460 e. The monoisotopic (exact) mass is 366 g/mol. The predicted octanol–water partition coefficient (Wildman–Crippen LogP) is 3.81. The lowest BCUT2D eigenvalue weighted by molar-refractivity contribution is -0.436. The van der Waals surface area contributed by atoms with Gasteiger partial charge in [-0.3, -0.25) is 0 Å². The predicted molar refractivity (Wildman–Crippen MR) is 38.4 cm³/mol. The second-order valence-corrected chi connectivity index (χ2v) is 3.67. The van der Waals surface area contributed by atoms with Gasteiger partial charge in [0.2, 0.25) is 0 Å². The average Bonchev–Trinajstić information content (AvgIpc) is 2.25. The molecule has 0 saturated heterocycles. The minimum atomic E-state index is -8.08. The van der Waals surface area contributed by atoms with E-state index in [-0.39, 0.29) is 0 Å². The van der Waals surface area contributed by atoms with E-state index >= 15 is 0 Å². The molecule has 15 heteroatoms. The van der Waals surface area contributed by atoms with Gasteiger partial charge in [-0.05, 0) is 0 Å². The summed E-state index contributed by atoms with van der Waals surface area (Å²) in [7, 11) is 0. The van der Waals surface area contributed by atoms with Gasteiger partial charge in [0, 0.05) is 0 Å². The Morgan fingerprint density at radius 1 is 0.545 bits per heavy atom. The Hall–Kier alpha value is -1.44. The molecule has 0 radical (unpaired) electrons. The summed E-state index contributed by atoms with van der Waals surface area (Å²) in [6.45, 7) is 0. The Labute approximate surface area is 110 Å². The molecule has 0 aromatic heterocycles. The first-order valence-corrected chi connectivity index (χ1v) is 4.38. The van der Waals surface area contributed by atoms with Crippen molar-refractivity contribution in [2.24, 2.45) is 0 Å². The largest absolute Gasteiger partial charge is 0.477 e. The lowest BCUT2D eigenvalue weighted by Crippen LogP contribution is -2.71. The molecule has 132 valence electrons. The summed E-state index contributed by atoms with van der Waals surface area (Å²) in [5, 5.41) is 7.55. The van der Waals surface area contributed by atoms with Crippen molar-refractivity contribution in [3.8, 4) is 0 Å². The minimum absolute atomic E-state index is 4.15. The first-order chi connectivity index (χ1) is 9.19. The van der Waals surface area contributed by atoms with Crippen LogP contribution in [0.15, 0.2) is 0 Å².